The molecule has 82 valence electrons. The highest BCUT2D eigenvalue weighted by Gasteiger charge is 2.25. The number of nitrogens with zero attached hydrogens (tertiary/aromatic N) is 1. The average Bonchev–Trinajstić information content (AvgIpc) is 2.25. The highest BCUT2D eigenvalue weighted by Crippen LogP contribution is 2.42. The number of nitriles is 1. The van der Waals surface area contributed by atoms with Gasteiger partial charge in [-0.1, -0.05) is 6.42 Å². The van der Waals surface area contributed by atoms with Crippen LogP contribution in [0.3, 0.4) is 0 Å². The summed E-state index contributed by atoms with van der Waals surface area (Å²) >= 11 is 0. The molecule has 0 unspecified atom stereocenters. The lowest BCUT2D eigenvalue weighted by atomic mass is 9.78. The maximum atomic E-state index is 10.8. The van der Waals surface area contributed by atoms with E-state index in [9.17, 15) is 4.79 Å². The van der Waals surface area contributed by atoms with E-state index in [0.717, 1.165) is 24.7 Å². The van der Waals surface area contributed by atoms with Gasteiger partial charge in [-0.15, -0.1) is 0 Å². The zero-order valence-corrected chi connectivity index (χ0v) is 9.19. The fraction of sp³-hybridized carbons (Fsp3) is 0.385. The molecule has 1 aliphatic carbocycles. The van der Waals surface area contributed by atoms with Crippen LogP contribution in [-0.2, 0) is 0 Å². The fourth-order valence-electron chi connectivity index (χ4n) is 2.08. The van der Waals surface area contributed by atoms with Crippen molar-refractivity contribution in [3.8, 4) is 11.8 Å². The highest BCUT2D eigenvalue weighted by molar-refractivity contribution is 5.77. The van der Waals surface area contributed by atoms with Crippen LogP contribution >= 0.6 is 0 Å². The Morgan fingerprint density at radius 3 is 2.69 bits per heavy atom. The minimum absolute atomic E-state index is 0.446. The van der Waals surface area contributed by atoms with Gasteiger partial charge in [0.05, 0.1) is 12.7 Å². The van der Waals surface area contributed by atoms with Gasteiger partial charge in [0.1, 0.15) is 18.1 Å². The second-order valence-corrected chi connectivity index (χ2v) is 4.05. The number of methoxy groups -OCH3 is 1. The minimum Gasteiger partial charge on any atom is -0.495 e. The molecule has 0 atom stereocenters. The largest absolute Gasteiger partial charge is 0.495 e. The molecule has 0 heterocycles. The molecule has 3 heteroatoms. The molecule has 0 aromatic heterocycles. The molecule has 0 bridgehead atoms. The van der Waals surface area contributed by atoms with E-state index >= 15 is 0 Å². The minimum atomic E-state index is 0.446. The van der Waals surface area contributed by atoms with Gasteiger partial charge in [-0.2, -0.15) is 5.26 Å². The zero-order chi connectivity index (χ0) is 11.5. The van der Waals surface area contributed by atoms with Crippen LogP contribution in [-0.4, -0.2) is 13.4 Å². The summed E-state index contributed by atoms with van der Waals surface area (Å²) in [6, 6.07) is 5.50. The predicted molar refractivity (Wildman–Crippen MR) is 59.7 cm³/mol. The third-order valence-electron chi connectivity index (χ3n) is 3.15. The number of aldehydes is 1. The number of rotatable bonds is 3. The first-order chi connectivity index (χ1) is 7.80. The molecule has 1 aliphatic rings. The van der Waals surface area contributed by atoms with Crippen LogP contribution in [0.2, 0.25) is 0 Å². The van der Waals surface area contributed by atoms with Crippen LogP contribution in [0, 0.1) is 11.3 Å². The van der Waals surface area contributed by atoms with Crippen LogP contribution in [0.1, 0.15) is 46.7 Å². The van der Waals surface area contributed by atoms with E-state index in [1.807, 2.05) is 6.07 Å². The Morgan fingerprint density at radius 1 is 1.50 bits per heavy atom. The zero-order valence-electron chi connectivity index (χ0n) is 9.19. The molecule has 0 aliphatic heterocycles. The number of hydrogen-bond donors (Lipinski definition) is 0. The fourth-order valence-corrected chi connectivity index (χ4v) is 2.08. The van der Waals surface area contributed by atoms with Crippen molar-refractivity contribution in [1.82, 2.24) is 0 Å². The number of benzene rings is 1. The molecule has 0 N–H and O–H groups in total. The monoisotopic (exact) mass is 215 g/mol. The smallest absolute Gasteiger partial charge is 0.150 e. The van der Waals surface area contributed by atoms with E-state index in [1.165, 1.54) is 6.42 Å². The maximum Gasteiger partial charge on any atom is 0.150 e. The van der Waals surface area contributed by atoms with Gasteiger partial charge < -0.3 is 4.74 Å². The maximum absolute atomic E-state index is 10.8. The van der Waals surface area contributed by atoms with E-state index in [0.29, 0.717) is 22.8 Å². The van der Waals surface area contributed by atoms with Crippen LogP contribution in [0.25, 0.3) is 0 Å². The van der Waals surface area contributed by atoms with Crippen molar-refractivity contribution >= 4 is 6.29 Å². The molecule has 0 radical (unpaired) electrons. The quantitative estimate of drug-likeness (QED) is 0.728. The first kappa shape index (κ1) is 10.7. The van der Waals surface area contributed by atoms with Crippen LogP contribution < -0.4 is 4.74 Å². The molecule has 0 amide bonds. The van der Waals surface area contributed by atoms with Crippen molar-refractivity contribution in [3.05, 3.63) is 28.8 Å². The molecule has 1 aromatic rings. The molecule has 0 spiro atoms. The van der Waals surface area contributed by atoms with Crippen LogP contribution in [0.15, 0.2) is 12.1 Å². The predicted octanol–water partition coefficient (Wildman–Crippen LogP) is 2.65. The van der Waals surface area contributed by atoms with Gasteiger partial charge in [-0.25, -0.2) is 0 Å². The summed E-state index contributed by atoms with van der Waals surface area (Å²) in [5, 5.41) is 9.02. The SMILES string of the molecule is COc1c(C#N)cc(C=O)cc1C1CCC1. The number of ether oxygens (including phenoxy) is 1. The number of hydrogen-bond acceptors (Lipinski definition) is 3. The van der Waals surface area contributed by atoms with Crippen LogP contribution in [0.4, 0.5) is 0 Å². The topological polar surface area (TPSA) is 50.1 Å². The lowest BCUT2D eigenvalue weighted by Crippen LogP contribution is -2.11. The number of carbonyl (C=O) groups excluding carboxylic acids is 1. The molecule has 16 heavy (non-hydrogen) atoms. The summed E-state index contributed by atoms with van der Waals surface area (Å²) in [6.45, 7) is 0. The third-order valence-corrected chi connectivity index (χ3v) is 3.15. The van der Waals surface area contributed by atoms with Gasteiger partial charge in [0.2, 0.25) is 0 Å². The van der Waals surface area contributed by atoms with Crippen molar-refractivity contribution in [2.24, 2.45) is 0 Å². The lowest BCUT2D eigenvalue weighted by Gasteiger charge is -2.27. The molecule has 3 nitrogen and oxygen atoms in total. The molecule has 1 aromatic carbocycles. The van der Waals surface area contributed by atoms with E-state index in [2.05, 4.69) is 6.07 Å². The number of carbonyl (C=O) groups is 1. The van der Waals surface area contributed by atoms with Gasteiger partial charge in [-0.3, -0.25) is 4.79 Å². The summed E-state index contributed by atoms with van der Waals surface area (Å²) in [5.41, 5.74) is 2.02. The van der Waals surface area contributed by atoms with Gasteiger partial charge >= 0.3 is 0 Å². The molecular formula is C13H13NO2. The summed E-state index contributed by atoms with van der Waals surface area (Å²) in [4.78, 5) is 10.8. The van der Waals surface area contributed by atoms with E-state index in [1.54, 1.807) is 13.2 Å². The average molecular weight is 215 g/mol. The van der Waals surface area contributed by atoms with Crippen molar-refractivity contribution in [3.63, 3.8) is 0 Å². The first-order valence-electron chi connectivity index (χ1n) is 5.37. The normalized spacial score (nSPS) is 15.0. The Bertz CT molecular complexity index is 456. The Balaban J connectivity index is 2.54. The molecular weight excluding hydrogens is 202 g/mol. The first-order valence-corrected chi connectivity index (χ1v) is 5.37. The van der Waals surface area contributed by atoms with Crippen LogP contribution in [0.5, 0.6) is 5.75 Å². The van der Waals surface area contributed by atoms with E-state index < -0.39 is 0 Å². The van der Waals surface area contributed by atoms with E-state index in [-0.39, 0.29) is 0 Å². The van der Waals surface area contributed by atoms with Gasteiger partial charge in [0.25, 0.3) is 0 Å². The Kier molecular flexibility index (Phi) is 2.91. The molecule has 2 rings (SSSR count). The lowest BCUT2D eigenvalue weighted by molar-refractivity contribution is 0.112. The van der Waals surface area contributed by atoms with E-state index in [4.69, 9.17) is 10.00 Å². The molecule has 0 saturated heterocycles. The second-order valence-electron chi connectivity index (χ2n) is 4.05. The summed E-state index contributed by atoms with van der Waals surface area (Å²) in [7, 11) is 1.57. The molecule has 1 fully saturated rings. The Morgan fingerprint density at radius 2 is 2.25 bits per heavy atom. The van der Waals surface area contributed by atoms with Gasteiger partial charge in [0.15, 0.2) is 0 Å². The third kappa shape index (κ3) is 1.67. The summed E-state index contributed by atoms with van der Waals surface area (Å²) in [6.07, 6.45) is 4.22. The molecule has 1 saturated carbocycles. The summed E-state index contributed by atoms with van der Waals surface area (Å²) in [5.74, 6) is 1.08. The van der Waals surface area contributed by atoms with Crippen molar-refractivity contribution in [1.29, 1.82) is 5.26 Å². The van der Waals surface area contributed by atoms with Crippen molar-refractivity contribution in [2.45, 2.75) is 25.2 Å². The highest BCUT2D eigenvalue weighted by atomic mass is 16.5. The second kappa shape index (κ2) is 4.36. The standard InChI is InChI=1S/C13H13NO2/c1-16-13-11(7-14)5-9(8-15)6-12(13)10-3-2-4-10/h5-6,8,10H,2-4H2,1H3. The van der Waals surface area contributed by atoms with Crippen molar-refractivity contribution in [2.75, 3.05) is 7.11 Å². The Hall–Kier alpha value is -1.82. The Labute approximate surface area is 94.6 Å². The van der Waals surface area contributed by atoms with Gasteiger partial charge in [-0.05, 0) is 36.5 Å². The summed E-state index contributed by atoms with van der Waals surface area (Å²) < 4.78 is 5.29. The van der Waals surface area contributed by atoms with Gasteiger partial charge in [0, 0.05) is 5.56 Å². The van der Waals surface area contributed by atoms with Crippen molar-refractivity contribution < 1.29 is 9.53 Å².